The molecule has 0 aliphatic rings. The molecule has 0 saturated carbocycles. The fourth-order valence-electron chi connectivity index (χ4n) is 3.01. The Labute approximate surface area is 140 Å². The van der Waals surface area contributed by atoms with Crippen LogP contribution in [0.2, 0.25) is 13.3 Å². The molecule has 0 aliphatic carbocycles. The zero-order valence-electron chi connectivity index (χ0n) is 14.7. The first-order valence-electron chi connectivity index (χ1n) is 9.04. The van der Waals surface area contributed by atoms with Gasteiger partial charge in [0.05, 0.1) is 0 Å². The molecule has 0 unspecified atom stereocenters. The standard InChI is InChI=1S/C7H6FO.3C4H9.Sn/c1-9-7-4-2-6(8)3-5-7;3*1-3-4-2;/h2-5H,1H2;3*1,3-4H2,2H3;. The fourth-order valence-corrected chi connectivity index (χ4v) is 17.2. The van der Waals surface area contributed by atoms with E-state index in [2.05, 4.69) is 20.8 Å². The monoisotopic (exact) mass is 416 g/mol. The van der Waals surface area contributed by atoms with Crippen molar-refractivity contribution in [3.8, 4) is 5.75 Å². The second-order valence-corrected chi connectivity index (χ2v) is 20.2. The van der Waals surface area contributed by atoms with E-state index in [4.69, 9.17) is 4.74 Å². The zero-order chi connectivity index (χ0) is 16.3. The van der Waals surface area contributed by atoms with Crippen molar-refractivity contribution < 1.29 is 9.13 Å². The number of ether oxygens (including phenoxy) is 1. The van der Waals surface area contributed by atoms with Crippen LogP contribution in [0.5, 0.6) is 5.75 Å². The van der Waals surface area contributed by atoms with Gasteiger partial charge < -0.3 is 0 Å². The molecular weight excluding hydrogens is 382 g/mol. The minimum atomic E-state index is -2.22. The van der Waals surface area contributed by atoms with Gasteiger partial charge in [-0.25, -0.2) is 0 Å². The Bertz CT molecular complexity index is 369. The first-order chi connectivity index (χ1) is 10.7. The molecule has 0 atom stereocenters. The molecule has 126 valence electrons. The SMILES string of the molecule is CCC[CH2][Sn]([CH2]CCC)([CH2]CCC)[CH2]Oc1ccc(F)cc1. The van der Waals surface area contributed by atoms with E-state index in [0.29, 0.717) is 0 Å². The van der Waals surface area contributed by atoms with E-state index in [-0.39, 0.29) is 5.82 Å². The van der Waals surface area contributed by atoms with Gasteiger partial charge in [-0.05, 0) is 0 Å². The Hall–Kier alpha value is -0.251. The third kappa shape index (κ3) is 7.34. The van der Waals surface area contributed by atoms with Crippen molar-refractivity contribution in [2.24, 2.45) is 0 Å². The Balaban J connectivity index is 2.72. The van der Waals surface area contributed by atoms with Gasteiger partial charge in [0.2, 0.25) is 0 Å². The van der Waals surface area contributed by atoms with E-state index in [1.807, 2.05) is 0 Å². The van der Waals surface area contributed by atoms with Gasteiger partial charge >= 0.3 is 141 Å². The summed E-state index contributed by atoms with van der Waals surface area (Å²) < 4.78 is 24.5. The van der Waals surface area contributed by atoms with E-state index in [9.17, 15) is 4.39 Å². The molecule has 0 amide bonds. The van der Waals surface area contributed by atoms with Gasteiger partial charge in [-0.2, -0.15) is 0 Å². The van der Waals surface area contributed by atoms with Gasteiger partial charge in [0, 0.05) is 0 Å². The molecule has 1 rings (SSSR count). The Morgan fingerprint density at radius 3 is 1.68 bits per heavy atom. The third-order valence-corrected chi connectivity index (χ3v) is 18.8. The average Bonchev–Trinajstić information content (AvgIpc) is 2.55. The first kappa shape index (κ1) is 19.8. The summed E-state index contributed by atoms with van der Waals surface area (Å²) in [5, 5.41) is 0. The number of benzene rings is 1. The molecule has 1 aromatic rings. The summed E-state index contributed by atoms with van der Waals surface area (Å²) in [6.07, 6.45) is 7.93. The van der Waals surface area contributed by atoms with Crippen molar-refractivity contribution >= 4 is 18.4 Å². The van der Waals surface area contributed by atoms with Gasteiger partial charge in [-0.1, -0.05) is 0 Å². The number of rotatable bonds is 12. The molecule has 0 fully saturated rings. The molecule has 0 aromatic heterocycles. The Morgan fingerprint density at radius 1 is 0.818 bits per heavy atom. The number of unbranched alkanes of at least 4 members (excludes halogenated alkanes) is 3. The first-order valence-corrected chi connectivity index (χ1v) is 17.1. The number of hydrogen-bond acceptors (Lipinski definition) is 1. The van der Waals surface area contributed by atoms with Crippen LogP contribution in [-0.2, 0) is 0 Å². The second kappa shape index (κ2) is 11.3. The molecule has 0 spiro atoms. The van der Waals surface area contributed by atoms with E-state index < -0.39 is 18.4 Å². The third-order valence-electron chi connectivity index (χ3n) is 4.54. The molecule has 0 bridgehead atoms. The second-order valence-electron chi connectivity index (χ2n) is 6.55. The van der Waals surface area contributed by atoms with Crippen molar-refractivity contribution in [3.63, 3.8) is 0 Å². The summed E-state index contributed by atoms with van der Waals surface area (Å²) in [6, 6.07) is 6.53. The minimum absolute atomic E-state index is 0.190. The maximum absolute atomic E-state index is 13.0. The van der Waals surface area contributed by atoms with Crippen LogP contribution >= 0.6 is 0 Å². The van der Waals surface area contributed by atoms with Crippen LogP contribution in [0.4, 0.5) is 4.39 Å². The maximum atomic E-state index is 13.0. The molecule has 22 heavy (non-hydrogen) atoms. The summed E-state index contributed by atoms with van der Waals surface area (Å²) in [7, 11) is 0. The van der Waals surface area contributed by atoms with Gasteiger partial charge in [-0.15, -0.1) is 0 Å². The van der Waals surface area contributed by atoms with E-state index >= 15 is 0 Å². The normalized spacial score (nSPS) is 11.6. The van der Waals surface area contributed by atoms with Gasteiger partial charge in [0.25, 0.3) is 0 Å². The van der Waals surface area contributed by atoms with Crippen molar-refractivity contribution in [2.45, 2.75) is 72.6 Å². The summed E-state index contributed by atoms with van der Waals surface area (Å²) in [5.74, 6) is 0.650. The predicted molar refractivity (Wildman–Crippen MR) is 96.8 cm³/mol. The van der Waals surface area contributed by atoms with Crippen molar-refractivity contribution in [1.29, 1.82) is 0 Å². The summed E-state index contributed by atoms with van der Waals surface area (Å²) in [5.41, 5.74) is 0. The van der Waals surface area contributed by atoms with Crippen LogP contribution in [0.15, 0.2) is 24.3 Å². The van der Waals surface area contributed by atoms with Gasteiger partial charge in [-0.3, -0.25) is 0 Å². The summed E-state index contributed by atoms with van der Waals surface area (Å²) in [6.45, 7) is 6.87. The summed E-state index contributed by atoms with van der Waals surface area (Å²) in [4.78, 5) is 0. The van der Waals surface area contributed by atoms with Crippen LogP contribution < -0.4 is 4.74 Å². The molecule has 0 heterocycles. The van der Waals surface area contributed by atoms with E-state index in [0.717, 1.165) is 10.4 Å². The molecule has 0 N–H and O–H groups in total. The van der Waals surface area contributed by atoms with Gasteiger partial charge in [0.1, 0.15) is 0 Å². The van der Waals surface area contributed by atoms with Crippen molar-refractivity contribution in [2.75, 3.05) is 4.62 Å². The Kier molecular flexibility index (Phi) is 10.2. The predicted octanol–water partition coefficient (Wildman–Crippen LogP) is 6.59. The number of hydrogen-bond donors (Lipinski definition) is 0. The van der Waals surface area contributed by atoms with Crippen LogP contribution in [0.25, 0.3) is 0 Å². The molecule has 3 heteroatoms. The van der Waals surface area contributed by atoms with E-state index in [1.54, 1.807) is 12.1 Å². The molecule has 1 nitrogen and oxygen atoms in total. The van der Waals surface area contributed by atoms with Crippen molar-refractivity contribution in [1.82, 2.24) is 0 Å². The number of halogens is 1. The van der Waals surface area contributed by atoms with Crippen LogP contribution in [0.1, 0.15) is 59.3 Å². The quantitative estimate of drug-likeness (QED) is 0.350. The summed E-state index contributed by atoms with van der Waals surface area (Å²) >= 11 is -2.22. The molecule has 0 radical (unpaired) electrons. The average molecular weight is 415 g/mol. The molecule has 1 aromatic carbocycles. The zero-order valence-corrected chi connectivity index (χ0v) is 17.5. The fraction of sp³-hybridized carbons (Fsp3) is 0.684. The van der Waals surface area contributed by atoms with Crippen molar-refractivity contribution in [3.05, 3.63) is 30.1 Å². The molecule has 0 aliphatic heterocycles. The van der Waals surface area contributed by atoms with E-state index in [1.165, 1.54) is 64.0 Å². The molecular formula is C19H33FOSn. The van der Waals surface area contributed by atoms with Crippen LogP contribution in [-0.4, -0.2) is 23.0 Å². The van der Waals surface area contributed by atoms with Gasteiger partial charge in [0.15, 0.2) is 0 Å². The molecule has 0 saturated heterocycles. The topological polar surface area (TPSA) is 9.23 Å². The Morgan fingerprint density at radius 2 is 1.27 bits per heavy atom. The van der Waals surface area contributed by atoms with Crippen LogP contribution in [0, 0.1) is 5.82 Å². The van der Waals surface area contributed by atoms with Crippen LogP contribution in [0.3, 0.4) is 0 Å².